The van der Waals surface area contributed by atoms with Crippen molar-refractivity contribution in [1.82, 2.24) is 0 Å². The summed E-state index contributed by atoms with van der Waals surface area (Å²) in [5, 5.41) is 1.19. The first-order chi connectivity index (χ1) is 17.9. The summed E-state index contributed by atoms with van der Waals surface area (Å²) in [6.45, 7) is 9.28. The third-order valence-electron chi connectivity index (χ3n) is 7.81. The summed E-state index contributed by atoms with van der Waals surface area (Å²) in [4.78, 5) is 2.51. The van der Waals surface area contributed by atoms with E-state index in [0.717, 1.165) is 20.9 Å². The zero-order valence-electron chi connectivity index (χ0n) is 21.2. The summed E-state index contributed by atoms with van der Waals surface area (Å²) in [5.41, 5.74) is 5.17. The Hall–Kier alpha value is -1.50. The molecule has 0 N–H and O–H groups in total. The van der Waals surface area contributed by atoms with Gasteiger partial charge in [0.25, 0.3) is 0 Å². The van der Waals surface area contributed by atoms with Crippen LogP contribution in [0.15, 0.2) is 45.2 Å². The number of rotatable bonds is 3. The molecule has 0 fully saturated rings. The van der Waals surface area contributed by atoms with Crippen LogP contribution in [0.3, 0.4) is 0 Å². The van der Waals surface area contributed by atoms with Gasteiger partial charge in [-0.15, -0.1) is 11.3 Å². The van der Waals surface area contributed by atoms with Crippen molar-refractivity contribution < 1.29 is 13.2 Å². The van der Waals surface area contributed by atoms with Crippen molar-refractivity contribution in [2.75, 3.05) is 0 Å². The molecule has 194 valence electrons. The Bertz CT molecular complexity index is 1830. The monoisotopic (exact) mass is 771 g/mol. The molecule has 1 unspecified atom stereocenters. The predicted octanol–water partition coefficient (Wildman–Crippen LogP) is 11.1. The molecule has 3 heterocycles. The summed E-state index contributed by atoms with van der Waals surface area (Å²) < 4.78 is 55.7. The number of aryl methyl sites for hydroxylation is 1. The molecule has 0 spiro atoms. The summed E-state index contributed by atoms with van der Waals surface area (Å²) in [5.74, 6) is -3.08. The Morgan fingerprint density at radius 1 is 0.974 bits per heavy atom. The van der Waals surface area contributed by atoms with Gasteiger partial charge in [0.05, 0.1) is 0 Å². The predicted molar refractivity (Wildman–Crippen MR) is 173 cm³/mol. The third kappa shape index (κ3) is 3.41. The summed E-state index contributed by atoms with van der Waals surface area (Å²) in [7, 11) is 0. The largest absolute Gasteiger partial charge is 0.300 e. The van der Waals surface area contributed by atoms with Crippen LogP contribution < -0.4 is 0 Å². The van der Waals surface area contributed by atoms with Gasteiger partial charge in [-0.1, -0.05) is 0 Å². The third-order valence-corrected chi connectivity index (χ3v) is 14.3. The molecule has 1 nitrogen and oxygen atoms in total. The molecule has 0 radical (unpaired) electrons. The van der Waals surface area contributed by atoms with Crippen molar-refractivity contribution in [3.8, 4) is 10.4 Å². The van der Waals surface area contributed by atoms with Crippen molar-refractivity contribution in [2.45, 2.75) is 44.2 Å². The molecule has 0 bridgehead atoms. The molecular formula is C30H22F3I2NS2. The van der Waals surface area contributed by atoms with Crippen LogP contribution in [0.25, 0.3) is 31.7 Å². The average molecular weight is 771 g/mol. The fourth-order valence-corrected chi connectivity index (χ4v) is 12.1. The van der Waals surface area contributed by atoms with Crippen LogP contribution >= 0.6 is 65.4 Å². The Kier molecular flexibility index (Phi) is 5.54. The standard InChI is InChI=1S/C30H22F3I2NS2/c1-13(23-11-18-10-19(35-12-36-35)6-7-22(18)38-23)8-20-15(3)24-16(4)26-25(17(5)27(24)30(20,33)34)28-21(29(26,31)32)9-14(2)37-28/h6-12H,1-5H3/b13-8+. The van der Waals surface area contributed by atoms with E-state index in [4.69, 9.17) is 0 Å². The van der Waals surface area contributed by atoms with Gasteiger partial charge in [0.1, 0.15) is 0 Å². The van der Waals surface area contributed by atoms with Crippen molar-refractivity contribution >= 4 is 90.8 Å². The van der Waals surface area contributed by atoms with Crippen LogP contribution in [0, 0.1) is 24.3 Å². The Balaban J connectivity index is 1.38. The molecule has 0 saturated heterocycles. The van der Waals surface area contributed by atoms with E-state index < -0.39 is 29.7 Å². The van der Waals surface area contributed by atoms with E-state index in [-0.39, 0.29) is 11.1 Å². The van der Waals surface area contributed by atoms with E-state index in [2.05, 4.69) is 31.7 Å². The number of hydrogen-bond acceptors (Lipinski definition) is 3. The number of allylic oxidation sites excluding steroid dienone is 4. The number of fused-ring (bicyclic) bond motifs is 5. The topological polar surface area (TPSA) is 12.4 Å². The smallest absolute Gasteiger partial charge is 0.196 e. The first-order valence-electron chi connectivity index (χ1n) is 12.1. The number of thiophene rings is 2. The van der Waals surface area contributed by atoms with E-state index in [1.807, 2.05) is 56.4 Å². The molecule has 0 amide bonds. The van der Waals surface area contributed by atoms with Gasteiger partial charge >= 0.3 is 202 Å². The maximum Gasteiger partial charge on any atom is 0.300 e. The molecule has 38 heavy (non-hydrogen) atoms. The molecule has 4 aromatic rings. The molecule has 1 aliphatic heterocycles. The second kappa shape index (κ2) is 8.27. The van der Waals surface area contributed by atoms with E-state index in [1.165, 1.54) is 25.0 Å². The zero-order valence-corrected chi connectivity index (χ0v) is 27.1. The van der Waals surface area contributed by atoms with E-state index in [1.54, 1.807) is 24.3 Å². The van der Waals surface area contributed by atoms with Crippen molar-refractivity contribution in [3.05, 3.63) is 88.7 Å². The van der Waals surface area contributed by atoms with Gasteiger partial charge in [-0.05, 0) is 13.0 Å². The first kappa shape index (κ1) is 25.5. The summed E-state index contributed by atoms with van der Waals surface area (Å²) in [6.07, 6.45) is 1.93. The second-order valence-electron chi connectivity index (χ2n) is 10.1. The summed E-state index contributed by atoms with van der Waals surface area (Å²) >= 11 is 3.63. The minimum absolute atomic E-state index is 0.0486. The van der Waals surface area contributed by atoms with Crippen molar-refractivity contribution in [1.29, 1.82) is 0 Å². The van der Waals surface area contributed by atoms with Gasteiger partial charge in [-0.2, -0.15) is 8.78 Å². The van der Waals surface area contributed by atoms with Gasteiger partial charge in [0.2, 0.25) is 0 Å². The molecule has 1 atom stereocenters. The van der Waals surface area contributed by atoms with Crippen LogP contribution in [-0.2, 0) is 9.60 Å². The fourth-order valence-electron chi connectivity index (χ4n) is 6.06. The van der Waals surface area contributed by atoms with Gasteiger partial charge in [-0.3, -0.25) is 0 Å². The SMILES string of the molecule is CC1=C(/C=C(\C)c2cc3cc(I4C=N4)ccc3s2)C(F)(I)c2c(C)c3c(c(C)c21)C(F)(F)c1cc(C)sc1-3. The molecule has 2 aromatic heterocycles. The number of halogens is 5. The van der Waals surface area contributed by atoms with Crippen molar-refractivity contribution in [2.24, 2.45) is 3.21 Å². The number of alkyl halides is 4. The van der Waals surface area contributed by atoms with Crippen LogP contribution in [0.5, 0.6) is 0 Å². The molecular weight excluding hydrogens is 749 g/mol. The van der Waals surface area contributed by atoms with Crippen LogP contribution in [-0.4, -0.2) is 4.22 Å². The Morgan fingerprint density at radius 3 is 2.39 bits per heavy atom. The summed E-state index contributed by atoms with van der Waals surface area (Å²) in [6, 6.07) is 10.3. The zero-order chi connectivity index (χ0) is 26.9. The molecule has 7 rings (SSSR count). The number of nitrogens with zero attached hydrogens (tertiary/aromatic N) is 1. The van der Waals surface area contributed by atoms with Crippen LogP contribution in [0.1, 0.15) is 57.0 Å². The normalized spacial score (nSPS) is 21.9. The van der Waals surface area contributed by atoms with Crippen LogP contribution in [0.2, 0.25) is 0 Å². The maximum atomic E-state index is 16.9. The number of hydrogen-bond donors (Lipinski definition) is 0. The average Bonchev–Trinajstić information content (AvgIpc) is 3.36. The molecule has 0 saturated carbocycles. The molecule has 8 heteroatoms. The number of benzene rings is 2. The maximum absolute atomic E-state index is 16.9. The van der Waals surface area contributed by atoms with E-state index in [9.17, 15) is 0 Å². The Labute approximate surface area is 248 Å². The van der Waals surface area contributed by atoms with Gasteiger partial charge in [-0.25, -0.2) is 0 Å². The van der Waals surface area contributed by atoms with E-state index in [0.29, 0.717) is 38.3 Å². The van der Waals surface area contributed by atoms with Gasteiger partial charge in [0.15, 0.2) is 0 Å². The van der Waals surface area contributed by atoms with Crippen molar-refractivity contribution in [3.63, 3.8) is 0 Å². The van der Waals surface area contributed by atoms with Crippen LogP contribution in [0.4, 0.5) is 13.2 Å². The fraction of sp³-hybridized carbons (Fsp3) is 0.233. The van der Waals surface area contributed by atoms with Gasteiger partial charge < -0.3 is 0 Å². The first-order valence-corrected chi connectivity index (χ1v) is 18.1. The molecule has 2 aliphatic carbocycles. The minimum atomic E-state index is -3.08. The minimum Gasteiger partial charge on any atom is -0.196 e. The Morgan fingerprint density at radius 2 is 1.68 bits per heavy atom. The molecule has 2 aromatic carbocycles. The quantitative estimate of drug-likeness (QED) is 0.145. The second-order valence-corrected chi connectivity index (χ2v) is 18.0. The van der Waals surface area contributed by atoms with Gasteiger partial charge in [0, 0.05) is 15.3 Å². The molecule has 3 aliphatic rings. The van der Waals surface area contributed by atoms with E-state index >= 15 is 13.2 Å².